The third kappa shape index (κ3) is 4.66. The van der Waals surface area contributed by atoms with Crippen molar-refractivity contribution in [3.05, 3.63) is 0 Å². The highest BCUT2D eigenvalue weighted by Crippen LogP contribution is 2.20. The Morgan fingerprint density at radius 3 is 2.18 bits per heavy atom. The quantitative estimate of drug-likeness (QED) is 0.819. The van der Waals surface area contributed by atoms with E-state index in [0.29, 0.717) is 12.1 Å². The molecule has 0 atom stereocenters. The van der Waals surface area contributed by atoms with Gasteiger partial charge in [0.2, 0.25) is 5.91 Å². The average Bonchev–Trinajstić information content (AvgIpc) is 2.39. The normalized spacial score (nSPS) is 23.5. The lowest BCUT2D eigenvalue weighted by atomic mass is 9.95. The molecule has 2 aliphatic rings. The van der Waals surface area contributed by atoms with Gasteiger partial charge in [-0.2, -0.15) is 0 Å². The zero-order chi connectivity index (χ0) is 11.9. The van der Waals surface area contributed by atoms with E-state index in [1.807, 2.05) is 0 Å². The van der Waals surface area contributed by atoms with Gasteiger partial charge in [-0.3, -0.25) is 4.79 Å². The summed E-state index contributed by atoms with van der Waals surface area (Å²) in [6.07, 6.45) is 12.6. The molecule has 1 N–H and O–H groups in total. The Morgan fingerprint density at radius 2 is 1.53 bits per heavy atom. The van der Waals surface area contributed by atoms with Crippen LogP contribution in [0.2, 0.25) is 0 Å². The molecule has 1 amide bonds. The predicted molar refractivity (Wildman–Crippen MR) is 67.8 cm³/mol. The van der Waals surface area contributed by atoms with Gasteiger partial charge < -0.3 is 10.1 Å². The Bertz CT molecular complexity index is 230. The van der Waals surface area contributed by atoms with Crippen molar-refractivity contribution < 1.29 is 9.53 Å². The maximum absolute atomic E-state index is 11.7. The number of ether oxygens (including phenoxy) is 1. The van der Waals surface area contributed by atoms with Gasteiger partial charge in [0.25, 0.3) is 0 Å². The van der Waals surface area contributed by atoms with Crippen LogP contribution in [0.25, 0.3) is 0 Å². The van der Waals surface area contributed by atoms with E-state index in [9.17, 15) is 4.79 Å². The first-order chi connectivity index (χ1) is 8.34. The van der Waals surface area contributed by atoms with Crippen molar-refractivity contribution >= 4 is 5.91 Å². The van der Waals surface area contributed by atoms with Gasteiger partial charge in [0.15, 0.2) is 0 Å². The van der Waals surface area contributed by atoms with E-state index in [1.54, 1.807) is 0 Å². The maximum atomic E-state index is 11.7. The Balaban J connectivity index is 1.59. The lowest BCUT2D eigenvalue weighted by molar-refractivity contribution is -0.129. The van der Waals surface area contributed by atoms with Gasteiger partial charge in [-0.15, -0.1) is 0 Å². The Labute approximate surface area is 104 Å². The van der Waals surface area contributed by atoms with E-state index in [2.05, 4.69) is 5.32 Å². The van der Waals surface area contributed by atoms with E-state index in [4.69, 9.17) is 4.74 Å². The zero-order valence-corrected chi connectivity index (χ0v) is 10.7. The average molecular weight is 239 g/mol. The Hall–Kier alpha value is -0.570. The van der Waals surface area contributed by atoms with E-state index >= 15 is 0 Å². The summed E-state index contributed by atoms with van der Waals surface area (Å²) in [5, 5.41) is 3.09. The fourth-order valence-corrected chi connectivity index (χ4v) is 2.94. The van der Waals surface area contributed by atoms with E-state index in [-0.39, 0.29) is 12.5 Å². The molecule has 0 heterocycles. The zero-order valence-electron chi connectivity index (χ0n) is 10.7. The topological polar surface area (TPSA) is 38.3 Å². The standard InChI is InChI=1S/C14H25NO2/c16-14(15-12-7-3-1-4-8-12)11-17-13-9-5-2-6-10-13/h12-13H,1-11H2,(H,15,16). The Morgan fingerprint density at radius 1 is 0.941 bits per heavy atom. The molecule has 0 saturated heterocycles. The number of carbonyl (C=O) groups is 1. The number of rotatable bonds is 4. The van der Waals surface area contributed by atoms with Gasteiger partial charge in [-0.05, 0) is 25.7 Å². The lowest BCUT2D eigenvalue weighted by Gasteiger charge is -2.24. The molecule has 0 radical (unpaired) electrons. The molecule has 0 aromatic rings. The van der Waals surface area contributed by atoms with Crippen molar-refractivity contribution in [1.29, 1.82) is 0 Å². The van der Waals surface area contributed by atoms with Crippen LogP contribution in [-0.4, -0.2) is 24.7 Å². The van der Waals surface area contributed by atoms with Gasteiger partial charge in [0.1, 0.15) is 6.61 Å². The molecule has 0 bridgehead atoms. The number of hydrogen-bond donors (Lipinski definition) is 1. The first-order valence-corrected chi connectivity index (χ1v) is 7.25. The first kappa shape index (κ1) is 12.9. The summed E-state index contributed by atoms with van der Waals surface area (Å²) in [7, 11) is 0. The van der Waals surface area contributed by atoms with Crippen molar-refractivity contribution in [2.45, 2.75) is 76.4 Å². The van der Waals surface area contributed by atoms with Crippen LogP contribution in [0.1, 0.15) is 64.2 Å². The molecule has 3 nitrogen and oxygen atoms in total. The molecule has 2 rings (SSSR count). The van der Waals surface area contributed by atoms with Crippen LogP contribution in [0.4, 0.5) is 0 Å². The second-order valence-electron chi connectivity index (χ2n) is 5.47. The number of amides is 1. The van der Waals surface area contributed by atoms with Crippen molar-refractivity contribution in [3.63, 3.8) is 0 Å². The molecule has 3 heteroatoms. The largest absolute Gasteiger partial charge is 0.368 e. The molecule has 98 valence electrons. The molecule has 0 unspecified atom stereocenters. The molecular weight excluding hydrogens is 214 g/mol. The smallest absolute Gasteiger partial charge is 0.246 e. The van der Waals surface area contributed by atoms with E-state index < -0.39 is 0 Å². The highest BCUT2D eigenvalue weighted by atomic mass is 16.5. The molecule has 0 spiro atoms. The second kappa shape index (κ2) is 7.00. The van der Waals surface area contributed by atoms with Gasteiger partial charge in [0.05, 0.1) is 6.10 Å². The van der Waals surface area contributed by atoms with Gasteiger partial charge in [-0.1, -0.05) is 38.5 Å². The molecule has 0 aromatic heterocycles. The molecule has 0 aromatic carbocycles. The fraction of sp³-hybridized carbons (Fsp3) is 0.929. The summed E-state index contributed by atoms with van der Waals surface area (Å²) < 4.78 is 5.67. The molecule has 0 aliphatic heterocycles. The summed E-state index contributed by atoms with van der Waals surface area (Å²) in [6, 6.07) is 0.409. The minimum Gasteiger partial charge on any atom is -0.368 e. The molecule has 2 aliphatic carbocycles. The van der Waals surface area contributed by atoms with Crippen LogP contribution in [0.3, 0.4) is 0 Å². The van der Waals surface area contributed by atoms with Gasteiger partial charge >= 0.3 is 0 Å². The highest BCUT2D eigenvalue weighted by molar-refractivity contribution is 5.77. The fourth-order valence-electron chi connectivity index (χ4n) is 2.94. The van der Waals surface area contributed by atoms with Crippen molar-refractivity contribution in [2.24, 2.45) is 0 Å². The molecule has 2 fully saturated rings. The van der Waals surface area contributed by atoms with Gasteiger partial charge in [-0.25, -0.2) is 0 Å². The van der Waals surface area contributed by atoms with Crippen molar-refractivity contribution in [3.8, 4) is 0 Å². The minimum atomic E-state index is 0.0856. The Kier molecular flexibility index (Phi) is 5.30. The SMILES string of the molecule is O=C(COC1CCCCC1)NC1CCCCC1. The van der Waals surface area contributed by atoms with Crippen LogP contribution in [0.5, 0.6) is 0 Å². The summed E-state index contributed by atoms with van der Waals surface area (Å²) in [5.74, 6) is 0.0856. The van der Waals surface area contributed by atoms with Crippen LogP contribution in [0, 0.1) is 0 Å². The van der Waals surface area contributed by atoms with Crippen molar-refractivity contribution in [1.82, 2.24) is 5.32 Å². The summed E-state index contributed by atoms with van der Waals surface area (Å²) in [4.78, 5) is 11.7. The third-order valence-corrected chi connectivity index (χ3v) is 3.97. The number of hydrogen-bond acceptors (Lipinski definition) is 2. The molecule has 2 saturated carbocycles. The molecule has 17 heavy (non-hydrogen) atoms. The lowest BCUT2D eigenvalue weighted by Crippen LogP contribution is -2.39. The number of carbonyl (C=O) groups excluding carboxylic acids is 1. The second-order valence-corrected chi connectivity index (χ2v) is 5.47. The predicted octanol–water partition coefficient (Wildman–Crippen LogP) is 2.78. The first-order valence-electron chi connectivity index (χ1n) is 7.25. The van der Waals surface area contributed by atoms with Gasteiger partial charge in [0, 0.05) is 6.04 Å². The van der Waals surface area contributed by atoms with Crippen molar-refractivity contribution in [2.75, 3.05) is 6.61 Å². The van der Waals surface area contributed by atoms with Crippen LogP contribution >= 0.6 is 0 Å². The summed E-state index contributed by atoms with van der Waals surface area (Å²) >= 11 is 0. The molecular formula is C14H25NO2. The number of nitrogens with one attached hydrogen (secondary N) is 1. The minimum absolute atomic E-state index is 0.0856. The van der Waals surface area contributed by atoms with Crippen LogP contribution < -0.4 is 5.32 Å². The summed E-state index contributed by atoms with van der Waals surface area (Å²) in [5.41, 5.74) is 0. The van der Waals surface area contributed by atoms with Crippen LogP contribution in [-0.2, 0) is 9.53 Å². The monoisotopic (exact) mass is 239 g/mol. The van der Waals surface area contributed by atoms with E-state index in [1.165, 1.54) is 38.5 Å². The van der Waals surface area contributed by atoms with E-state index in [0.717, 1.165) is 25.7 Å². The maximum Gasteiger partial charge on any atom is 0.246 e. The van der Waals surface area contributed by atoms with Crippen LogP contribution in [0.15, 0.2) is 0 Å². The third-order valence-electron chi connectivity index (χ3n) is 3.97. The summed E-state index contributed by atoms with van der Waals surface area (Å²) in [6.45, 7) is 0.265. The highest BCUT2D eigenvalue weighted by Gasteiger charge is 2.18.